The highest BCUT2D eigenvalue weighted by Crippen LogP contribution is 2.46. The predicted molar refractivity (Wildman–Crippen MR) is 178 cm³/mol. The Hall–Kier alpha value is -2.86. The molecule has 5 aliphatic rings. The van der Waals surface area contributed by atoms with E-state index in [1.165, 1.54) is 0 Å². The van der Waals surface area contributed by atoms with Crippen molar-refractivity contribution < 1.29 is 24.1 Å². The van der Waals surface area contributed by atoms with Crippen LogP contribution in [0.2, 0.25) is 0 Å². The van der Waals surface area contributed by atoms with E-state index in [4.69, 9.17) is 24.3 Å². The van der Waals surface area contributed by atoms with Crippen molar-refractivity contribution in [2.45, 2.75) is 114 Å². The van der Waals surface area contributed by atoms with Gasteiger partial charge < -0.3 is 24.6 Å². The monoisotopic (exact) mass is 655 g/mol. The smallest absolute Gasteiger partial charge is 0.252 e. The summed E-state index contributed by atoms with van der Waals surface area (Å²) in [5.41, 5.74) is 19.5. The Bertz CT molecular complexity index is 1200. The molecule has 5 rings (SSSR count). The van der Waals surface area contributed by atoms with Gasteiger partial charge in [-0.25, -0.2) is 4.99 Å². The number of morpholine rings is 1. The van der Waals surface area contributed by atoms with Crippen molar-refractivity contribution in [2.24, 2.45) is 27.1 Å². The van der Waals surface area contributed by atoms with Crippen molar-refractivity contribution >= 4 is 11.8 Å². The Labute approximate surface area is 277 Å². The van der Waals surface area contributed by atoms with Gasteiger partial charge in [-0.2, -0.15) is 0 Å². The number of nitrogens with zero attached hydrogens (tertiary/aromatic N) is 8. The van der Waals surface area contributed by atoms with E-state index in [-0.39, 0.29) is 43.0 Å². The first-order valence-electron chi connectivity index (χ1n) is 17.9. The molecule has 4 atom stereocenters. The molecule has 0 aromatic rings. The molecule has 0 aromatic heterocycles. The quantitative estimate of drug-likeness (QED) is 0.0784. The predicted octanol–water partition coefficient (Wildman–Crippen LogP) is 5.37. The third-order valence-electron chi connectivity index (χ3n) is 10.8. The van der Waals surface area contributed by atoms with Crippen LogP contribution in [0.25, 0.3) is 20.9 Å². The molecule has 3 fully saturated rings. The zero-order chi connectivity index (χ0) is 32.9. The van der Waals surface area contributed by atoms with Crippen LogP contribution >= 0.6 is 0 Å². The van der Waals surface area contributed by atoms with Crippen molar-refractivity contribution in [3.8, 4) is 0 Å². The number of amides is 1. The second-order valence-corrected chi connectivity index (χ2v) is 13.7. The van der Waals surface area contributed by atoms with Gasteiger partial charge in [-0.1, -0.05) is 28.6 Å². The van der Waals surface area contributed by atoms with Gasteiger partial charge in [0.1, 0.15) is 0 Å². The standard InChI is InChI=1S/C33H53N9O5/c34-40-37-23-26-7-1-3-8-28(26)30-33(22-25-6-2-4-9-29(25)39-41-35,32(44)36-14-15-42-16-20-45-21-17-42)38-31(47-30)24-10-12-27(13-11-24)46-19-5-18-43/h24-25,27,29-30,43H,1-23H2,(H,36,44)/t24?,25?,27?,29?,30-,33-/m0/s1. The molecule has 2 N–H and O–H groups in total. The molecular formula is C33H53N9O5. The van der Waals surface area contributed by atoms with E-state index in [0.29, 0.717) is 45.1 Å². The fourth-order valence-corrected chi connectivity index (χ4v) is 8.21. The van der Waals surface area contributed by atoms with Gasteiger partial charge in [-0.3, -0.25) is 9.69 Å². The van der Waals surface area contributed by atoms with E-state index < -0.39 is 11.6 Å². The first-order chi connectivity index (χ1) is 23.1. The molecule has 0 spiro atoms. The summed E-state index contributed by atoms with van der Waals surface area (Å²) in [7, 11) is 0. The Kier molecular flexibility index (Phi) is 13.6. The number of aliphatic hydroxyl groups excluding tert-OH is 1. The van der Waals surface area contributed by atoms with E-state index in [2.05, 4.69) is 30.3 Å². The molecular weight excluding hydrogens is 602 g/mol. The summed E-state index contributed by atoms with van der Waals surface area (Å²) in [6.07, 6.45) is 11.3. The van der Waals surface area contributed by atoms with Crippen molar-refractivity contribution in [1.29, 1.82) is 0 Å². The Morgan fingerprint density at radius 3 is 2.62 bits per heavy atom. The van der Waals surface area contributed by atoms with Crippen LogP contribution in [0.3, 0.4) is 0 Å². The third kappa shape index (κ3) is 9.19. The molecule has 0 aromatic carbocycles. The fraction of sp³-hybridized carbons (Fsp3) is 0.879. The lowest BCUT2D eigenvalue weighted by Gasteiger charge is -2.39. The van der Waals surface area contributed by atoms with Crippen LogP contribution in [0.4, 0.5) is 0 Å². The van der Waals surface area contributed by atoms with Gasteiger partial charge in [0.2, 0.25) is 0 Å². The van der Waals surface area contributed by atoms with Crippen LogP contribution in [0, 0.1) is 11.8 Å². The van der Waals surface area contributed by atoms with Crippen LogP contribution in [0.15, 0.2) is 26.4 Å². The molecule has 2 heterocycles. The highest BCUT2D eigenvalue weighted by Gasteiger charge is 2.56. The summed E-state index contributed by atoms with van der Waals surface area (Å²) in [6, 6.07) is -0.193. The minimum Gasteiger partial charge on any atom is -0.470 e. The van der Waals surface area contributed by atoms with Crippen molar-refractivity contribution in [3.63, 3.8) is 0 Å². The van der Waals surface area contributed by atoms with Gasteiger partial charge in [0.25, 0.3) is 5.91 Å². The molecule has 0 radical (unpaired) electrons. The van der Waals surface area contributed by atoms with Crippen LogP contribution in [-0.2, 0) is 19.0 Å². The second-order valence-electron chi connectivity index (χ2n) is 13.7. The van der Waals surface area contributed by atoms with Gasteiger partial charge in [-0.15, -0.1) is 0 Å². The third-order valence-corrected chi connectivity index (χ3v) is 10.8. The Morgan fingerprint density at radius 1 is 1.06 bits per heavy atom. The average molecular weight is 656 g/mol. The maximum atomic E-state index is 14.8. The highest BCUT2D eigenvalue weighted by atomic mass is 16.5. The molecule has 2 unspecified atom stereocenters. The van der Waals surface area contributed by atoms with Crippen molar-refractivity contribution in [3.05, 3.63) is 32.0 Å². The normalized spacial score (nSPS) is 31.7. The first-order valence-corrected chi connectivity index (χ1v) is 17.9. The zero-order valence-electron chi connectivity index (χ0n) is 27.8. The molecule has 1 saturated heterocycles. The molecule has 260 valence electrons. The minimum atomic E-state index is -1.21. The van der Waals surface area contributed by atoms with Gasteiger partial charge >= 0.3 is 0 Å². The molecule has 1 amide bonds. The number of carbonyl (C=O) groups is 1. The van der Waals surface area contributed by atoms with Crippen molar-refractivity contribution in [1.82, 2.24) is 10.2 Å². The number of hydrogen-bond acceptors (Lipinski definition) is 9. The molecule has 2 saturated carbocycles. The summed E-state index contributed by atoms with van der Waals surface area (Å²) in [5.74, 6) is 0.573. The number of nitrogens with one attached hydrogen (secondary N) is 1. The molecule has 0 bridgehead atoms. The fourth-order valence-electron chi connectivity index (χ4n) is 8.21. The van der Waals surface area contributed by atoms with Crippen molar-refractivity contribution in [2.75, 3.05) is 59.2 Å². The number of carbonyl (C=O) groups excluding carboxylic acids is 1. The van der Waals surface area contributed by atoms with Crippen LogP contribution < -0.4 is 5.32 Å². The zero-order valence-corrected chi connectivity index (χ0v) is 27.8. The molecule has 47 heavy (non-hydrogen) atoms. The minimum absolute atomic E-state index is 0.000672. The van der Waals surface area contributed by atoms with E-state index in [9.17, 15) is 15.9 Å². The number of rotatable bonds is 15. The summed E-state index contributed by atoms with van der Waals surface area (Å²) in [5, 5.41) is 20.6. The summed E-state index contributed by atoms with van der Waals surface area (Å²) in [4.78, 5) is 28.7. The Balaban J connectivity index is 1.48. The van der Waals surface area contributed by atoms with Gasteiger partial charge in [0.15, 0.2) is 17.5 Å². The number of azide groups is 2. The molecule has 14 nitrogen and oxygen atoms in total. The SMILES string of the molecule is [N-]=[N+]=NCC1=C([C@@H]2OC(C3CCC(OCCCO)CC3)=N[C@]2(CC2CCCCC2N=[N+]=[N-])C(=O)NCCN2CCOCC2)CCCC1. The van der Waals surface area contributed by atoms with Crippen LogP contribution in [-0.4, -0.2) is 105 Å². The number of hydrogen-bond donors (Lipinski definition) is 2. The topological polar surface area (TPSA) is 190 Å². The van der Waals surface area contributed by atoms with Gasteiger partial charge in [-0.05, 0) is 99.6 Å². The van der Waals surface area contributed by atoms with E-state index in [1.807, 2.05) is 0 Å². The number of aliphatic imine (C=N–C) groups is 1. The Morgan fingerprint density at radius 2 is 1.85 bits per heavy atom. The van der Waals surface area contributed by atoms with E-state index in [1.54, 1.807) is 0 Å². The van der Waals surface area contributed by atoms with E-state index in [0.717, 1.165) is 108 Å². The summed E-state index contributed by atoms with van der Waals surface area (Å²) >= 11 is 0. The second kappa shape index (κ2) is 18.1. The largest absolute Gasteiger partial charge is 0.470 e. The van der Waals surface area contributed by atoms with Crippen LogP contribution in [0.1, 0.15) is 89.9 Å². The molecule has 2 aliphatic heterocycles. The van der Waals surface area contributed by atoms with E-state index >= 15 is 0 Å². The summed E-state index contributed by atoms with van der Waals surface area (Å²) < 4.78 is 18.5. The highest BCUT2D eigenvalue weighted by molar-refractivity contribution is 5.95. The molecule has 14 heteroatoms. The molecule has 3 aliphatic carbocycles. The van der Waals surface area contributed by atoms with Crippen LogP contribution in [0.5, 0.6) is 0 Å². The lowest BCUT2D eigenvalue weighted by Crippen LogP contribution is -2.56. The summed E-state index contributed by atoms with van der Waals surface area (Å²) in [6.45, 7) is 5.22. The average Bonchev–Trinajstić information content (AvgIpc) is 3.49. The maximum Gasteiger partial charge on any atom is 0.252 e. The lowest BCUT2D eigenvalue weighted by atomic mass is 9.71. The van der Waals surface area contributed by atoms with Gasteiger partial charge in [0.05, 0.1) is 19.3 Å². The van der Waals surface area contributed by atoms with Gasteiger partial charge in [0, 0.05) is 67.7 Å². The number of ether oxygens (including phenoxy) is 3. The first kappa shape index (κ1) is 35.4. The number of aliphatic hydroxyl groups is 1. The maximum absolute atomic E-state index is 14.8. The lowest BCUT2D eigenvalue weighted by molar-refractivity contribution is -0.129.